The van der Waals surface area contributed by atoms with Crippen molar-refractivity contribution in [2.24, 2.45) is 0 Å². The van der Waals surface area contributed by atoms with Crippen LogP contribution in [0.25, 0.3) is 0 Å². The van der Waals surface area contributed by atoms with E-state index < -0.39 is 6.04 Å². The molecule has 2 amide bonds. The van der Waals surface area contributed by atoms with E-state index in [-0.39, 0.29) is 17.6 Å². The fraction of sp³-hybridized carbons (Fsp3) is 0.440. The molecule has 2 N–H and O–H groups in total. The molecule has 2 aromatic rings. The van der Waals surface area contributed by atoms with Gasteiger partial charge in [0.2, 0.25) is 5.91 Å². The molecule has 9 heteroatoms. The molecular formula is C25H33FN4O3S. The average Bonchev–Trinajstić information content (AvgIpc) is 2.87. The van der Waals surface area contributed by atoms with Crippen molar-refractivity contribution >= 4 is 29.3 Å². The summed E-state index contributed by atoms with van der Waals surface area (Å²) in [5.41, 5.74) is 1.43. The molecule has 0 radical (unpaired) electrons. The van der Waals surface area contributed by atoms with E-state index in [9.17, 15) is 14.0 Å². The van der Waals surface area contributed by atoms with Gasteiger partial charge in [-0.15, -0.1) is 0 Å². The summed E-state index contributed by atoms with van der Waals surface area (Å²) < 4.78 is 18.4. The van der Waals surface area contributed by atoms with Crippen molar-refractivity contribution in [3.8, 4) is 5.75 Å². The highest BCUT2D eigenvalue weighted by Gasteiger charge is 2.23. The van der Waals surface area contributed by atoms with Gasteiger partial charge < -0.3 is 20.3 Å². The number of halogens is 1. The summed E-state index contributed by atoms with van der Waals surface area (Å²) in [7, 11) is 1.52. The number of ether oxygens (including phenoxy) is 1. The van der Waals surface area contributed by atoms with E-state index in [1.807, 2.05) is 6.26 Å². The van der Waals surface area contributed by atoms with Crippen LogP contribution in [0.2, 0.25) is 0 Å². The first kappa shape index (κ1) is 25.8. The topological polar surface area (TPSA) is 73.9 Å². The Labute approximate surface area is 205 Å². The molecule has 2 aromatic carbocycles. The molecule has 1 atom stereocenters. The van der Waals surface area contributed by atoms with Gasteiger partial charge in [0.25, 0.3) is 5.91 Å². The Morgan fingerprint density at radius 2 is 1.79 bits per heavy atom. The van der Waals surface area contributed by atoms with Crippen LogP contribution in [0.4, 0.5) is 10.1 Å². The lowest BCUT2D eigenvalue weighted by Gasteiger charge is -2.36. The number of piperazine rings is 1. The molecule has 0 bridgehead atoms. The highest BCUT2D eigenvalue weighted by molar-refractivity contribution is 7.98. The second kappa shape index (κ2) is 13.2. The fourth-order valence-electron chi connectivity index (χ4n) is 3.91. The molecule has 1 fully saturated rings. The van der Waals surface area contributed by atoms with Gasteiger partial charge in [-0.25, -0.2) is 4.39 Å². The predicted octanol–water partition coefficient (Wildman–Crippen LogP) is 2.62. The number of rotatable bonds is 11. The lowest BCUT2D eigenvalue weighted by molar-refractivity contribution is -0.123. The van der Waals surface area contributed by atoms with Crippen LogP contribution in [0.3, 0.4) is 0 Å². The van der Waals surface area contributed by atoms with Crippen molar-refractivity contribution in [1.82, 2.24) is 15.5 Å². The average molecular weight is 489 g/mol. The van der Waals surface area contributed by atoms with Crippen LogP contribution in [0.15, 0.2) is 48.5 Å². The third-order valence-corrected chi connectivity index (χ3v) is 6.52. The predicted molar refractivity (Wildman–Crippen MR) is 135 cm³/mol. The second-order valence-electron chi connectivity index (χ2n) is 8.10. The maximum absolute atomic E-state index is 13.1. The summed E-state index contributed by atoms with van der Waals surface area (Å²) in [5.74, 6) is 0.505. The highest BCUT2D eigenvalue weighted by atomic mass is 32.2. The minimum Gasteiger partial charge on any atom is -0.496 e. The fourth-order valence-corrected chi connectivity index (χ4v) is 4.39. The van der Waals surface area contributed by atoms with Gasteiger partial charge in [0.05, 0.1) is 12.7 Å². The van der Waals surface area contributed by atoms with E-state index in [1.165, 1.54) is 19.2 Å². The molecule has 184 valence electrons. The standard InChI is InChI=1S/C25H33FN4O3S/c1-33-23-6-4-3-5-21(23)24(31)28-22(11-18-34-2)25(32)27-12-13-29-14-16-30(17-15-29)20-9-7-19(26)8-10-20/h3-10,22H,11-18H2,1-2H3,(H,27,32)(H,28,31). The smallest absolute Gasteiger partial charge is 0.255 e. The zero-order valence-electron chi connectivity index (χ0n) is 19.8. The molecule has 1 aliphatic heterocycles. The van der Waals surface area contributed by atoms with E-state index in [4.69, 9.17) is 4.74 Å². The lowest BCUT2D eigenvalue weighted by atomic mass is 10.1. The van der Waals surface area contributed by atoms with Crippen LogP contribution in [0.1, 0.15) is 16.8 Å². The van der Waals surface area contributed by atoms with Crippen molar-refractivity contribution in [2.45, 2.75) is 12.5 Å². The maximum atomic E-state index is 13.1. The minimum absolute atomic E-state index is 0.178. The molecule has 0 spiro atoms. The summed E-state index contributed by atoms with van der Waals surface area (Å²) in [6, 6.07) is 12.9. The van der Waals surface area contributed by atoms with Gasteiger partial charge in [0.15, 0.2) is 0 Å². The zero-order valence-corrected chi connectivity index (χ0v) is 20.6. The van der Waals surface area contributed by atoms with Crippen LogP contribution >= 0.6 is 11.8 Å². The van der Waals surface area contributed by atoms with Crippen LogP contribution in [-0.4, -0.2) is 81.1 Å². The van der Waals surface area contributed by atoms with Crippen molar-refractivity contribution in [3.63, 3.8) is 0 Å². The van der Waals surface area contributed by atoms with Gasteiger partial charge >= 0.3 is 0 Å². The van der Waals surface area contributed by atoms with Gasteiger partial charge in [-0.1, -0.05) is 12.1 Å². The molecule has 1 saturated heterocycles. The number of anilines is 1. The Balaban J connectivity index is 1.46. The Kier molecular flexibility index (Phi) is 10.0. The number of methoxy groups -OCH3 is 1. The van der Waals surface area contributed by atoms with E-state index in [1.54, 1.807) is 48.2 Å². The number of para-hydroxylation sites is 1. The zero-order chi connectivity index (χ0) is 24.3. The molecule has 3 rings (SSSR count). The van der Waals surface area contributed by atoms with E-state index in [2.05, 4.69) is 20.4 Å². The molecule has 1 aliphatic rings. The summed E-state index contributed by atoms with van der Waals surface area (Å²) in [5, 5.41) is 5.85. The van der Waals surface area contributed by atoms with E-state index in [0.717, 1.165) is 44.2 Å². The summed E-state index contributed by atoms with van der Waals surface area (Å²) in [6.45, 7) is 4.69. The number of benzene rings is 2. The quantitative estimate of drug-likeness (QED) is 0.507. The Hall–Kier alpha value is -2.78. The number of carbonyl (C=O) groups excluding carboxylic acids is 2. The molecule has 34 heavy (non-hydrogen) atoms. The number of thioether (sulfide) groups is 1. The SMILES string of the molecule is COc1ccccc1C(=O)NC(CCSC)C(=O)NCCN1CCN(c2ccc(F)cc2)CC1. The summed E-state index contributed by atoms with van der Waals surface area (Å²) in [6.07, 6.45) is 2.52. The molecule has 0 aliphatic carbocycles. The van der Waals surface area contributed by atoms with Gasteiger partial charge in [-0.05, 0) is 54.8 Å². The minimum atomic E-state index is -0.611. The first-order chi connectivity index (χ1) is 16.5. The lowest BCUT2D eigenvalue weighted by Crippen LogP contribution is -2.51. The summed E-state index contributed by atoms with van der Waals surface area (Å²) >= 11 is 1.63. The summed E-state index contributed by atoms with van der Waals surface area (Å²) in [4.78, 5) is 30.2. The molecular weight excluding hydrogens is 455 g/mol. The molecule has 1 unspecified atom stereocenters. The second-order valence-corrected chi connectivity index (χ2v) is 9.09. The van der Waals surface area contributed by atoms with Crippen molar-refractivity contribution in [1.29, 1.82) is 0 Å². The molecule has 0 aromatic heterocycles. The number of nitrogens with zero attached hydrogens (tertiary/aromatic N) is 2. The van der Waals surface area contributed by atoms with Gasteiger partial charge in [0, 0.05) is 45.0 Å². The van der Waals surface area contributed by atoms with Crippen molar-refractivity contribution < 1.29 is 18.7 Å². The third kappa shape index (κ3) is 7.36. The normalized spacial score (nSPS) is 15.0. The number of carbonyl (C=O) groups is 2. The largest absolute Gasteiger partial charge is 0.496 e. The first-order valence-corrected chi connectivity index (χ1v) is 12.8. The third-order valence-electron chi connectivity index (χ3n) is 5.88. The maximum Gasteiger partial charge on any atom is 0.255 e. The Morgan fingerprint density at radius 3 is 2.47 bits per heavy atom. The van der Waals surface area contributed by atoms with E-state index >= 15 is 0 Å². The van der Waals surface area contributed by atoms with Crippen molar-refractivity contribution in [3.05, 3.63) is 59.9 Å². The van der Waals surface area contributed by atoms with Crippen LogP contribution < -0.4 is 20.3 Å². The number of nitrogens with one attached hydrogen (secondary N) is 2. The van der Waals surface area contributed by atoms with Crippen LogP contribution in [0.5, 0.6) is 5.75 Å². The number of hydrogen-bond donors (Lipinski definition) is 2. The first-order valence-electron chi connectivity index (χ1n) is 11.4. The highest BCUT2D eigenvalue weighted by Crippen LogP contribution is 2.18. The molecule has 1 heterocycles. The van der Waals surface area contributed by atoms with Crippen molar-refractivity contribution in [2.75, 3.05) is 63.3 Å². The number of hydrogen-bond acceptors (Lipinski definition) is 6. The van der Waals surface area contributed by atoms with Crippen LogP contribution in [0, 0.1) is 5.82 Å². The molecule has 0 saturated carbocycles. The number of amides is 2. The Bertz CT molecular complexity index is 936. The molecule has 7 nitrogen and oxygen atoms in total. The van der Waals surface area contributed by atoms with E-state index in [0.29, 0.717) is 24.3 Å². The van der Waals surface area contributed by atoms with Gasteiger partial charge in [-0.3, -0.25) is 14.5 Å². The van der Waals surface area contributed by atoms with Crippen LogP contribution in [-0.2, 0) is 4.79 Å². The Morgan fingerprint density at radius 1 is 1.09 bits per heavy atom. The van der Waals surface area contributed by atoms with Gasteiger partial charge in [-0.2, -0.15) is 11.8 Å². The van der Waals surface area contributed by atoms with Gasteiger partial charge in [0.1, 0.15) is 17.6 Å². The monoisotopic (exact) mass is 488 g/mol.